The van der Waals surface area contributed by atoms with Crippen LogP contribution in [0.3, 0.4) is 0 Å². The highest BCUT2D eigenvalue weighted by Gasteiger charge is 2.40. The molecule has 1 aliphatic carbocycles. The number of imidazole rings is 1. The number of benzene rings is 2. The molecule has 1 fully saturated rings. The first-order valence-electron chi connectivity index (χ1n) is 10.2. The molecule has 0 bridgehead atoms. The molecule has 2 heterocycles. The lowest BCUT2D eigenvalue weighted by molar-refractivity contribution is -0.142. The lowest BCUT2D eigenvalue weighted by Crippen LogP contribution is -2.46. The highest BCUT2D eigenvalue weighted by Crippen LogP contribution is 2.37. The van der Waals surface area contributed by atoms with Gasteiger partial charge >= 0.3 is 0 Å². The Bertz CT molecular complexity index is 1070. The van der Waals surface area contributed by atoms with E-state index in [2.05, 4.69) is 5.32 Å². The van der Waals surface area contributed by atoms with Crippen molar-refractivity contribution in [3.63, 3.8) is 0 Å². The van der Waals surface area contributed by atoms with Gasteiger partial charge in [0.15, 0.2) is 0 Å². The van der Waals surface area contributed by atoms with Crippen LogP contribution in [-0.4, -0.2) is 32.3 Å². The molecule has 148 valence electrons. The Labute approximate surface area is 169 Å². The maximum Gasteiger partial charge on any atom is 0.247 e. The number of hydrogen-bond donors (Lipinski definition) is 1. The molecule has 2 amide bonds. The van der Waals surface area contributed by atoms with Crippen molar-refractivity contribution in [3.05, 3.63) is 66.0 Å². The summed E-state index contributed by atoms with van der Waals surface area (Å²) in [7, 11) is 0. The standard InChI is InChI=1S/C23H24N4O2/c1-15-22-25-18-9-5-6-10-19(18)27(22)20(13-21(28)24-17-11-12-17)23(29)26(15)14-16-7-3-2-4-8-16/h2-10,15,17,20H,11-14H2,1H3,(H,24,28)/t15-,20+/m0/s1. The lowest BCUT2D eigenvalue weighted by atomic mass is 10.0. The molecular formula is C23H24N4O2. The van der Waals surface area contributed by atoms with Crippen LogP contribution >= 0.6 is 0 Å². The van der Waals surface area contributed by atoms with Crippen molar-refractivity contribution in [2.75, 3.05) is 0 Å². The first-order valence-corrected chi connectivity index (χ1v) is 10.2. The number of carbonyl (C=O) groups excluding carboxylic acids is 2. The van der Waals surface area contributed by atoms with Gasteiger partial charge in [0.05, 0.1) is 23.5 Å². The number of nitrogens with zero attached hydrogens (tertiary/aromatic N) is 3. The van der Waals surface area contributed by atoms with Crippen LogP contribution in [0.15, 0.2) is 54.6 Å². The van der Waals surface area contributed by atoms with E-state index in [1.165, 1.54) is 0 Å². The summed E-state index contributed by atoms with van der Waals surface area (Å²) in [6.45, 7) is 2.52. The van der Waals surface area contributed by atoms with E-state index in [9.17, 15) is 9.59 Å². The molecule has 2 aromatic carbocycles. The van der Waals surface area contributed by atoms with Crippen LogP contribution in [0.4, 0.5) is 0 Å². The van der Waals surface area contributed by atoms with Gasteiger partial charge in [-0.3, -0.25) is 9.59 Å². The first kappa shape index (κ1) is 17.9. The summed E-state index contributed by atoms with van der Waals surface area (Å²) >= 11 is 0. The number of para-hydroxylation sites is 2. The van der Waals surface area contributed by atoms with E-state index in [0.717, 1.165) is 35.3 Å². The summed E-state index contributed by atoms with van der Waals surface area (Å²) < 4.78 is 1.98. The van der Waals surface area contributed by atoms with Gasteiger partial charge in [-0.15, -0.1) is 0 Å². The largest absolute Gasteiger partial charge is 0.353 e. The van der Waals surface area contributed by atoms with Crippen molar-refractivity contribution in [3.8, 4) is 0 Å². The molecule has 1 N–H and O–H groups in total. The fourth-order valence-electron chi connectivity index (χ4n) is 4.18. The second kappa shape index (κ2) is 7.03. The van der Waals surface area contributed by atoms with E-state index in [1.54, 1.807) is 0 Å². The molecule has 2 aliphatic rings. The van der Waals surface area contributed by atoms with Crippen LogP contribution in [0.1, 0.15) is 49.7 Å². The fraction of sp³-hybridized carbons (Fsp3) is 0.348. The summed E-state index contributed by atoms with van der Waals surface area (Å²) in [6.07, 6.45) is 2.20. The van der Waals surface area contributed by atoms with Gasteiger partial charge in [-0.1, -0.05) is 42.5 Å². The summed E-state index contributed by atoms with van der Waals surface area (Å²) in [4.78, 5) is 32.9. The molecule has 0 saturated heterocycles. The topological polar surface area (TPSA) is 67.2 Å². The van der Waals surface area contributed by atoms with Gasteiger partial charge in [-0.2, -0.15) is 0 Å². The second-order valence-corrected chi connectivity index (χ2v) is 8.02. The van der Waals surface area contributed by atoms with Gasteiger partial charge in [0.1, 0.15) is 11.9 Å². The van der Waals surface area contributed by atoms with Gasteiger partial charge in [-0.05, 0) is 37.5 Å². The maximum atomic E-state index is 13.6. The van der Waals surface area contributed by atoms with Crippen LogP contribution in [0.25, 0.3) is 11.0 Å². The number of nitrogens with one attached hydrogen (secondary N) is 1. The predicted octanol–water partition coefficient (Wildman–Crippen LogP) is 3.35. The maximum absolute atomic E-state index is 13.6. The molecule has 0 unspecified atom stereocenters. The van der Waals surface area contributed by atoms with Crippen molar-refractivity contribution < 1.29 is 9.59 Å². The van der Waals surface area contributed by atoms with Gasteiger partial charge in [0.2, 0.25) is 11.8 Å². The van der Waals surface area contributed by atoms with Crippen molar-refractivity contribution >= 4 is 22.8 Å². The predicted molar refractivity (Wildman–Crippen MR) is 110 cm³/mol. The van der Waals surface area contributed by atoms with E-state index in [4.69, 9.17) is 4.98 Å². The van der Waals surface area contributed by atoms with Gasteiger partial charge in [0, 0.05) is 12.6 Å². The Morgan fingerprint density at radius 3 is 2.59 bits per heavy atom. The molecule has 5 rings (SSSR count). The van der Waals surface area contributed by atoms with E-state index in [1.807, 2.05) is 71.0 Å². The fourth-order valence-corrected chi connectivity index (χ4v) is 4.18. The molecular weight excluding hydrogens is 364 g/mol. The number of rotatable bonds is 5. The summed E-state index contributed by atoms with van der Waals surface area (Å²) in [6, 6.07) is 17.3. The van der Waals surface area contributed by atoms with Crippen molar-refractivity contribution in [2.45, 2.75) is 50.9 Å². The Morgan fingerprint density at radius 2 is 1.83 bits per heavy atom. The van der Waals surface area contributed by atoms with Gasteiger partial charge in [-0.25, -0.2) is 4.98 Å². The van der Waals surface area contributed by atoms with Gasteiger partial charge in [0.25, 0.3) is 0 Å². The lowest BCUT2D eigenvalue weighted by Gasteiger charge is -2.38. The van der Waals surface area contributed by atoms with Crippen LogP contribution in [0.5, 0.6) is 0 Å². The molecule has 1 saturated carbocycles. The molecule has 1 aromatic heterocycles. The molecule has 3 aromatic rings. The van der Waals surface area contributed by atoms with Crippen molar-refractivity contribution in [1.82, 2.24) is 19.8 Å². The number of carbonyl (C=O) groups is 2. The average molecular weight is 388 g/mol. The second-order valence-electron chi connectivity index (χ2n) is 8.02. The minimum atomic E-state index is -0.573. The van der Waals surface area contributed by atoms with Gasteiger partial charge < -0.3 is 14.8 Å². The third-order valence-electron chi connectivity index (χ3n) is 5.86. The van der Waals surface area contributed by atoms with Crippen molar-refractivity contribution in [1.29, 1.82) is 0 Å². The van der Waals surface area contributed by atoms with Crippen LogP contribution < -0.4 is 5.32 Å². The number of amides is 2. The minimum Gasteiger partial charge on any atom is -0.353 e. The van der Waals surface area contributed by atoms with Crippen LogP contribution in [0, 0.1) is 0 Å². The smallest absolute Gasteiger partial charge is 0.247 e. The van der Waals surface area contributed by atoms with Crippen LogP contribution in [-0.2, 0) is 16.1 Å². The molecule has 0 radical (unpaired) electrons. The summed E-state index contributed by atoms with van der Waals surface area (Å²) in [5.74, 6) is 0.748. The molecule has 6 nitrogen and oxygen atoms in total. The van der Waals surface area contributed by atoms with E-state index >= 15 is 0 Å². The third kappa shape index (κ3) is 3.28. The Hall–Kier alpha value is -3.15. The Kier molecular flexibility index (Phi) is 4.34. The summed E-state index contributed by atoms with van der Waals surface area (Å²) in [5, 5.41) is 3.03. The highest BCUT2D eigenvalue weighted by atomic mass is 16.2. The van der Waals surface area contributed by atoms with Crippen LogP contribution in [0.2, 0.25) is 0 Å². The zero-order chi connectivity index (χ0) is 20.0. The highest BCUT2D eigenvalue weighted by molar-refractivity contribution is 5.91. The summed E-state index contributed by atoms with van der Waals surface area (Å²) in [5.41, 5.74) is 2.83. The monoisotopic (exact) mass is 388 g/mol. The molecule has 6 heteroatoms. The Balaban J connectivity index is 1.55. The molecule has 1 aliphatic heterocycles. The molecule has 2 atom stereocenters. The van der Waals surface area contributed by atoms with E-state index in [-0.39, 0.29) is 30.3 Å². The minimum absolute atomic E-state index is 0.0250. The number of hydrogen-bond acceptors (Lipinski definition) is 3. The zero-order valence-corrected chi connectivity index (χ0v) is 16.4. The zero-order valence-electron chi connectivity index (χ0n) is 16.4. The van der Waals surface area contributed by atoms with E-state index < -0.39 is 6.04 Å². The molecule has 0 spiro atoms. The van der Waals surface area contributed by atoms with E-state index in [0.29, 0.717) is 6.54 Å². The average Bonchev–Trinajstić information content (AvgIpc) is 3.46. The number of aromatic nitrogens is 2. The Morgan fingerprint density at radius 1 is 1.10 bits per heavy atom. The third-order valence-corrected chi connectivity index (χ3v) is 5.86. The quantitative estimate of drug-likeness (QED) is 0.729. The first-order chi connectivity index (χ1) is 14.1. The normalized spacial score (nSPS) is 21.3. The SMILES string of the molecule is C[C@H]1c2nc3ccccc3n2[C@H](CC(=O)NC2CC2)C(=O)N1Cc1ccccc1. The number of fused-ring (bicyclic) bond motifs is 3. The van der Waals surface area contributed by atoms with Crippen molar-refractivity contribution in [2.24, 2.45) is 0 Å². The molecule has 29 heavy (non-hydrogen) atoms.